The summed E-state index contributed by atoms with van der Waals surface area (Å²) in [6, 6.07) is 6.47. The molecule has 4 N–H and O–H groups in total. The normalized spacial score (nSPS) is 17.4. The summed E-state index contributed by atoms with van der Waals surface area (Å²) in [6.07, 6.45) is 4.46. The van der Waals surface area contributed by atoms with Crippen molar-refractivity contribution in [3.8, 4) is 0 Å². The van der Waals surface area contributed by atoms with Gasteiger partial charge in [-0.1, -0.05) is 25.3 Å². The molecule has 0 atom stereocenters. The quantitative estimate of drug-likeness (QED) is 0.783. The zero-order valence-corrected chi connectivity index (χ0v) is 11.4. The van der Waals surface area contributed by atoms with Gasteiger partial charge in [-0.15, -0.1) is 0 Å². The Morgan fingerprint density at radius 3 is 2.60 bits per heavy atom. The van der Waals surface area contributed by atoms with E-state index in [9.17, 15) is 14.7 Å². The van der Waals surface area contributed by atoms with Gasteiger partial charge in [-0.05, 0) is 31.0 Å². The number of benzene rings is 1. The van der Waals surface area contributed by atoms with Crippen LogP contribution in [-0.4, -0.2) is 22.5 Å². The maximum atomic E-state index is 12.0. The molecule has 5 heteroatoms. The predicted molar refractivity (Wildman–Crippen MR) is 76.2 cm³/mol. The van der Waals surface area contributed by atoms with Gasteiger partial charge in [0.15, 0.2) is 0 Å². The monoisotopic (exact) mass is 276 g/mol. The van der Waals surface area contributed by atoms with Crippen molar-refractivity contribution in [2.24, 2.45) is 5.73 Å². The standard InChI is InChI=1S/C15H20N2O3/c16-14(19)11-5-4-6-12(9-11)17-13(18)10-15(20)7-2-1-3-8-15/h4-6,9,20H,1-3,7-8,10H2,(H2,16,19)(H,17,18). The Morgan fingerprint density at radius 2 is 1.95 bits per heavy atom. The van der Waals surface area contributed by atoms with E-state index in [-0.39, 0.29) is 12.3 Å². The first-order valence-electron chi connectivity index (χ1n) is 6.91. The number of hydrogen-bond acceptors (Lipinski definition) is 3. The topological polar surface area (TPSA) is 92.4 Å². The van der Waals surface area contributed by atoms with Crippen LogP contribution in [0, 0.1) is 0 Å². The van der Waals surface area contributed by atoms with E-state index in [2.05, 4.69) is 5.32 Å². The van der Waals surface area contributed by atoms with Crippen LogP contribution in [0.3, 0.4) is 0 Å². The number of aliphatic hydroxyl groups is 1. The Hall–Kier alpha value is -1.88. The summed E-state index contributed by atoms with van der Waals surface area (Å²) >= 11 is 0. The molecular weight excluding hydrogens is 256 g/mol. The molecule has 0 heterocycles. The van der Waals surface area contributed by atoms with E-state index in [0.29, 0.717) is 24.1 Å². The van der Waals surface area contributed by atoms with Crippen LogP contribution in [0.15, 0.2) is 24.3 Å². The van der Waals surface area contributed by atoms with Crippen LogP contribution >= 0.6 is 0 Å². The Bertz CT molecular complexity index is 508. The molecule has 0 radical (unpaired) electrons. The van der Waals surface area contributed by atoms with Crippen molar-refractivity contribution in [1.82, 2.24) is 0 Å². The Balaban J connectivity index is 1.97. The van der Waals surface area contributed by atoms with Crippen molar-refractivity contribution in [2.45, 2.75) is 44.1 Å². The Labute approximate surface area is 118 Å². The van der Waals surface area contributed by atoms with Gasteiger partial charge < -0.3 is 16.2 Å². The molecule has 108 valence electrons. The number of nitrogens with one attached hydrogen (secondary N) is 1. The van der Waals surface area contributed by atoms with Gasteiger partial charge in [0.05, 0.1) is 12.0 Å². The van der Waals surface area contributed by atoms with Gasteiger partial charge in [0.2, 0.25) is 11.8 Å². The number of carbonyl (C=O) groups is 2. The maximum absolute atomic E-state index is 12.0. The average molecular weight is 276 g/mol. The third kappa shape index (κ3) is 3.81. The van der Waals surface area contributed by atoms with Gasteiger partial charge >= 0.3 is 0 Å². The van der Waals surface area contributed by atoms with Crippen LogP contribution in [0.1, 0.15) is 48.9 Å². The van der Waals surface area contributed by atoms with Crippen LogP contribution in [0.4, 0.5) is 5.69 Å². The first-order chi connectivity index (χ1) is 9.48. The maximum Gasteiger partial charge on any atom is 0.248 e. The summed E-state index contributed by atoms with van der Waals surface area (Å²) < 4.78 is 0. The van der Waals surface area contributed by atoms with Crippen molar-refractivity contribution in [1.29, 1.82) is 0 Å². The summed E-state index contributed by atoms with van der Waals surface area (Å²) in [5, 5.41) is 13.0. The second kappa shape index (κ2) is 6.05. The highest BCUT2D eigenvalue weighted by Gasteiger charge is 2.31. The predicted octanol–water partition coefficient (Wildman–Crippen LogP) is 1.81. The van der Waals surface area contributed by atoms with Gasteiger partial charge in [-0.2, -0.15) is 0 Å². The number of rotatable bonds is 4. The van der Waals surface area contributed by atoms with Gasteiger partial charge in [0, 0.05) is 11.3 Å². The van der Waals surface area contributed by atoms with E-state index in [0.717, 1.165) is 19.3 Å². The Kier molecular flexibility index (Phi) is 4.39. The SMILES string of the molecule is NC(=O)c1cccc(NC(=O)CC2(O)CCCCC2)c1. The van der Waals surface area contributed by atoms with E-state index < -0.39 is 11.5 Å². The summed E-state index contributed by atoms with van der Waals surface area (Å²) in [7, 11) is 0. The molecule has 1 saturated carbocycles. The number of anilines is 1. The smallest absolute Gasteiger partial charge is 0.248 e. The molecule has 20 heavy (non-hydrogen) atoms. The highest BCUT2D eigenvalue weighted by molar-refractivity contribution is 5.96. The fraction of sp³-hybridized carbons (Fsp3) is 0.467. The second-order valence-electron chi connectivity index (χ2n) is 5.46. The summed E-state index contributed by atoms with van der Waals surface area (Å²) in [5.74, 6) is -0.775. The zero-order chi connectivity index (χ0) is 14.6. The molecule has 5 nitrogen and oxygen atoms in total. The lowest BCUT2D eigenvalue weighted by Gasteiger charge is -2.31. The van der Waals surface area contributed by atoms with E-state index >= 15 is 0 Å². The van der Waals surface area contributed by atoms with Crippen LogP contribution in [0.25, 0.3) is 0 Å². The number of hydrogen-bond donors (Lipinski definition) is 3. The first-order valence-corrected chi connectivity index (χ1v) is 6.91. The minimum absolute atomic E-state index is 0.0911. The molecule has 0 saturated heterocycles. The van der Waals surface area contributed by atoms with Gasteiger partial charge in [0.1, 0.15) is 0 Å². The Morgan fingerprint density at radius 1 is 1.25 bits per heavy atom. The van der Waals surface area contributed by atoms with Gasteiger partial charge in [-0.3, -0.25) is 9.59 Å². The number of nitrogens with two attached hydrogens (primary N) is 1. The molecule has 1 aliphatic carbocycles. The van der Waals surface area contributed by atoms with Gasteiger partial charge in [-0.25, -0.2) is 0 Å². The average Bonchev–Trinajstić information content (AvgIpc) is 2.39. The molecule has 0 spiro atoms. The molecule has 1 aromatic rings. The van der Waals surface area contributed by atoms with Crippen LogP contribution in [-0.2, 0) is 4.79 Å². The minimum atomic E-state index is -0.885. The van der Waals surface area contributed by atoms with E-state index in [1.165, 1.54) is 6.07 Å². The van der Waals surface area contributed by atoms with Crippen molar-refractivity contribution >= 4 is 17.5 Å². The molecule has 1 aliphatic rings. The zero-order valence-electron chi connectivity index (χ0n) is 11.4. The van der Waals surface area contributed by atoms with E-state index in [1.807, 2.05) is 0 Å². The molecule has 2 rings (SSSR count). The van der Waals surface area contributed by atoms with E-state index in [1.54, 1.807) is 18.2 Å². The largest absolute Gasteiger partial charge is 0.389 e. The number of amides is 2. The highest BCUT2D eigenvalue weighted by Crippen LogP contribution is 2.31. The summed E-state index contributed by atoms with van der Waals surface area (Å²) in [4.78, 5) is 23.1. The molecule has 0 aromatic heterocycles. The summed E-state index contributed by atoms with van der Waals surface area (Å²) in [5.41, 5.74) is 5.17. The lowest BCUT2D eigenvalue weighted by molar-refractivity contribution is -0.122. The molecular formula is C15H20N2O3. The molecule has 1 aromatic carbocycles. The fourth-order valence-corrected chi connectivity index (χ4v) is 2.64. The molecule has 0 bridgehead atoms. The second-order valence-corrected chi connectivity index (χ2v) is 5.46. The summed E-state index contributed by atoms with van der Waals surface area (Å²) in [6.45, 7) is 0. The lowest BCUT2D eigenvalue weighted by Crippen LogP contribution is -2.35. The van der Waals surface area contributed by atoms with Crippen molar-refractivity contribution in [2.75, 3.05) is 5.32 Å². The third-order valence-corrected chi connectivity index (χ3v) is 3.70. The number of carbonyl (C=O) groups excluding carboxylic acids is 2. The molecule has 0 aliphatic heterocycles. The molecule has 2 amide bonds. The van der Waals surface area contributed by atoms with Gasteiger partial charge in [0.25, 0.3) is 0 Å². The molecule has 1 fully saturated rings. The first kappa shape index (κ1) is 14.5. The van der Waals surface area contributed by atoms with E-state index in [4.69, 9.17) is 5.73 Å². The third-order valence-electron chi connectivity index (χ3n) is 3.70. The minimum Gasteiger partial charge on any atom is -0.389 e. The highest BCUT2D eigenvalue weighted by atomic mass is 16.3. The number of primary amides is 1. The molecule has 0 unspecified atom stereocenters. The fourth-order valence-electron chi connectivity index (χ4n) is 2.64. The van der Waals surface area contributed by atoms with Crippen molar-refractivity contribution in [3.05, 3.63) is 29.8 Å². The lowest BCUT2D eigenvalue weighted by atomic mass is 9.82. The van der Waals surface area contributed by atoms with Crippen LogP contribution in [0.5, 0.6) is 0 Å². The van der Waals surface area contributed by atoms with Crippen molar-refractivity contribution < 1.29 is 14.7 Å². The van der Waals surface area contributed by atoms with Crippen LogP contribution in [0.2, 0.25) is 0 Å². The van der Waals surface area contributed by atoms with Crippen molar-refractivity contribution in [3.63, 3.8) is 0 Å². The van der Waals surface area contributed by atoms with Crippen LogP contribution < -0.4 is 11.1 Å².